The molecule has 0 N–H and O–H groups in total. The zero-order chi connectivity index (χ0) is 13.1. The van der Waals surface area contributed by atoms with Crippen LogP contribution in [-0.2, 0) is 0 Å². The van der Waals surface area contributed by atoms with Crippen molar-refractivity contribution in [3.05, 3.63) is 65.8 Å². The Morgan fingerprint density at radius 1 is 1.50 bits per heavy atom. The minimum Gasteiger partial charge on any atom is -0.464 e. The van der Waals surface area contributed by atoms with Gasteiger partial charge in [0.15, 0.2) is 0 Å². The first-order valence-electron chi connectivity index (χ1n) is 5.95. The number of furan rings is 1. The topological polar surface area (TPSA) is 25.5 Å². The number of hydrogen-bond acceptors (Lipinski definition) is 2. The van der Waals surface area contributed by atoms with Gasteiger partial charge in [-0.3, -0.25) is 4.99 Å². The van der Waals surface area contributed by atoms with E-state index in [2.05, 4.69) is 24.2 Å². The summed E-state index contributed by atoms with van der Waals surface area (Å²) in [6, 6.07) is 3.83. The fraction of sp³-hybridized carbons (Fsp3) is 0.188. The number of rotatable bonds is 3. The first-order chi connectivity index (χ1) is 8.63. The van der Waals surface area contributed by atoms with Gasteiger partial charge >= 0.3 is 0 Å². The van der Waals surface area contributed by atoms with Crippen LogP contribution in [0.25, 0.3) is 5.57 Å². The summed E-state index contributed by atoms with van der Waals surface area (Å²) >= 11 is 0. The maximum Gasteiger partial charge on any atom is 0.134 e. The third-order valence-corrected chi connectivity index (χ3v) is 2.80. The van der Waals surface area contributed by atoms with Gasteiger partial charge in [-0.15, -0.1) is 0 Å². The minimum atomic E-state index is 0.761. The van der Waals surface area contributed by atoms with E-state index in [1.807, 2.05) is 26.0 Å². The second-order valence-corrected chi connectivity index (χ2v) is 4.36. The lowest BCUT2D eigenvalue weighted by atomic mass is 9.87. The van der Waals surface area contributed by atoms with Gasteiger partial charge in [-0.25, -0.2) is 0 Å². The molecule has 2 heteroatoms. The number of allylic oxidation sites excluding steroid dienone is 5. The summed E-state index contributed by atoms with van der Waals surface area (Å²) in [5, 5.41) is 0. The summed E-state index contributed by atoms with van der Waals surface area (Å²) in [4.78, 5) is 4.45. The largest absolute Gasteiger partial charge is 0.464 e. The Morgan fingerprint density at radius 3 is 2.83 bits per heavy atom. The Balaban J connectivity index is 2.61. The molecule has 0 fully saturated rings. The van der Waals surface area contributed by atoms with E-state index < -0.39 is 0 Å². The van der Waals surface area contributed by atoms with Crippen molar-refractivity contribution in [1.82, 2.24) is 0 Å². The molecule has 92 valence electrons. The average Bonchev–Trinajstić information content (AvgIpc) is 2.81. The summed E-state index contributed by atoms with van der Waals surface area (Å²) in [6.45, 7) is 12.0. The fourth-order valence-corrected chi connectivity index (χ4v) is 2.15. The predicted molar refractivity (Wildman–Crippen MR) is 76.4 cm³/mol. The van der Waals surface area contributed by atoms with E-state index in [1.54, 1.807) is 12.5 Å². The number of nitrogens with zero attached hydrogens (tertiary/aromatic N) is 1. The van der Waals surface area contributed by atoms with E-state index in [9.17, 15) is 0 Å². The lowest BCUT2D eigenvalue weighted by molar-refractivity contribution is 0.553. The van der Waals surface area contributed by atoms with Crippen molar-refractivity contribution in [2.45, 2.75) is 20.3 Å². The Hall–Kier alpha value is -2.09. The zero-order valence-corrected chi connectivity index (χ0v) is 10.9. The lowest BCUT2D eigenvalue weighted by Gasteiger charge is -2.20. The Kier molecular flexibility index (Phi) is 3.47. The molecule has 1 heterocycles. The monoisotopic (exact) mass is 239 g/mol. The zero-order valence-electron chi connectivity index (χ0n) is 10.9. The minimum absolute atomic E-state index is 0.761. The molecule has 0 radical (unpaired) electrons. The van der Waals surface area contributed by atoms with E-state index in [0.717, 1.165) is 40.2 Å². The molecule has 0 amide bonds. The van der Waals surface area contributed by atoms with E-state index in [-0.39, 0.29) is 0 Å². The van der Waals surface area contributed by atoms with Crippen LogP contribution in [0, 0.1) is 0 Å². The van der Waals surface area contributed by atoms with Crippen LogP contribution in [0.15, 0.2) is 69.5 Å². The van der Waals surface area contributed by atoms with E-state index in [4.69, 9.17) is 4.42 Å². The first kappa shape index (κ1) is 12.4. The third kappa shape index (κ3) is 2.28. The average molecular weight is 239 g/mol. The van der Waals surface area contributed by atoms with Crippen molar-refractivity contribution in [1.29, 1.82) is 0 Å². The maximum absolute atomic E-state index is 5.49. The van der Waals surface area contributed by atoms with Gasteiger partial charge < -0.3 is 4.42 Å². The molecule has 2 rings (SSSR count). The predicted octanol–water partition coefficient (Wildman–Crippen LogP) is 4.54. The smallest absolute Gasteiger partial charge is 0.134 e. The van der Waals surface area contributed by atoms with Crippen LogP contribution in [0.3, 0.4) is 0 Å². The second-order valence-electron chi connectivity index (χ2n) is 4.36. The normalized spacial score (nSPS) is 16.3. The highest BCUT2D eigenvalue weighted by atomic mass is 16.3. The van der Waals surface area contributed by atoms with Crippen LogP contribution in [0.5, 0.6) is 0 Å². The third-order valence-electron chi connectivity index (χ3n) is 2.80. The molecule has 0 atom stereocenters. The van der Waals surface area contributed by atoms with Gasteiger partial charge in [-0.05, 0) is 43.2 Å². The molecule has 1 aliphatic rings. The number of aliphatic imine (C=N–C) groups is 1. The quantitative estimate of drug-likeness (QED) is 0.711. The highest BCUT2D eigenvalue weighted by Crippen LogP contribution is 2.38. The van der Waals surface area contributed by atoms with Gasteiger partial charge in [0, 0.05) is 23.8 Å². The van der Waals surface area contributed by atoms with Crippen molar-refractivity contribution in [2.24, 2.45) is 4.99 Å². The second kappa shape index (κ2) is 5.05. The highest BCUT2D eigenvalue weighted by molar-refractivity contribution is 5.85. The van der Waals surface area contributed by atoms with Gasteiger partial charge in [-0.1, -0.05) is 13.2 Å². The van der Waals surface area contributed by atoms with Crippen LogP contribution in [0.2, 0.25) is 0 Å². The molecule has 0 bridgehead atoms. The van der Waals surface area contributed by atoms with Crippen LogP contribution >= 0.6 is 0 Å². The highest BCUT2D eigenvalue weighted by Gasteiger charge is 2.20. The standard InChI is InChI=1S/C16H17NO/c1-5-17-14-10-12(4)9-13(16(14)11(2)3)15-7-6-8-18-15/h5-9H,2,4,10H2,1,3H3. The Bertz CT molecular complexity index is 568. The van der Waals surface area contributed by atoms with Crippen LogP contribution in [-0.4, -0.2) is 6.21 Å². The molecule has 0 spiro atoms. The molecule has 2 nitrogen and oxygen atoms in total. The van der Waals surface area contributed by atoms with Crippen LogP contribution in [0.1, 0.15) is 26.0 Å². The van der Waals surface area contributed by atoms with Crippen molar-refractivity contribution >= 4 is 11.8 Å². The lowest BCUT2D eigenvalue weighted by Crippen LogP contribution is -2.02. The molecule has 0 aliphatic heterocycles. The van der Waals surface area contributed by atoms with Crippen LogP contribution < -0.4 is 0 Å². The Labute approximate surface area is 108 Å². The van der Waals surface area contributed by atoms with Gasteiger partial charge in [0.1, 0.15) is 5.76 Å². The summed E-state index contributed by atoms with van der Waals surface area (Å²) in [7, 11) is 0. The molecular formula is C16H17NO. The molecular weight excluding hydrogens is 222 g/mol. The van der Waals surface area contributed by atoms with Gasteiger partial charge in [0.25, 0.3) is 0 Å². The van der Waals surface area contributed by atoms with Crippen molar-refractivity contribution in [3.63, 3.8) is 0 Å². The molecule has 1 aromatic heterocycles. The molecule has 1 aliphatic carbocycles. The molecule has 0 aromatic carbocycles. The summed E-state index contributed by atoms with van der Waals surface area (Å²) < 4.78 is 5.49. The van der Waals surface area contributed by atoms with Gasteiger partial charge in [0.2, 0.25) is 0 Å². The summed E-state index contributed by atoms with van der Waals surface area (Å²) in [6.07, 6.45) is 6.29. The molecule has 1 aromatic rings. The fourth-order valence-electron chi connectivity index (χ4n) is 2.15. The molecule has 0 saturated heterocycles. The molecule has 0 unspecified atom stereocenters. The van der Waals surface area contributed by atoms with E-state index >= 15 is 0 Å². The van der Waals surface area contributed by atoms with E-state index in [1.165, 1.54) is 0 Å². The van der Waals surface area contributed by atoms with Crippen LogP contribution in [0.4, 0.5) is 0 Å². The van der Waals surface area contributed by atoms with Crippen molar-refractivity contribution < 1.29 is 4.42 Å². The summed E-state index contributed by atoms with van der Waals surface area (Å²) in [5.41, 5.74) is 5.11. The van der Waals surface area contributed by atoms with Crippen molar-refractivity contribution in [3.8, 4) is 0 Å². The maximum atomic E-state index is 5.49. The Morgan fingerprint density at radius 2 is 2.28 bits per heavy atom. The van der Waals surface area contributed by atoms with Gasteiger partial charge in [-0.2, -0.15) is 0 Å². The van der Waals surface area contributed by atoms with Gasteiger partial charge in [0.05, 0.1) is 12.0 Å². The number of hydrogen-bond donors (Lipinski definition) is 0. The first-order valence-corrected chi connectivity index (χ1v) is 5.95. The van der Waals surface area contributed by atoms with Crippen molar-refractivity contribution in [2.75, 3.05) is 0 Å². The van der Waals surface area contributed by atoms with E-state index in [0.29, 0.717) is 0 Å². The summed E-state index contributed by atoms with van der Waals surface area (Å²) in [5.74, 6) is 0.831. The molecule has 0 saturated carbocycles. The SMILES string of the molecule is C=C1C=C(c2ccco2)C(C(=C)C)=C(N=CC)C1. The molecule has 18 heavy (non-hydrogen) atoms.